The second-order valence-electron chi connectivity index (χ2n) is 3.56. The largest absolute Gasteiger partial charge is 0.864 e. The Morgan fingerprint density at radius 3 is 2.12 bits per heavy atom. The summed E-state index contributed by atoms with van der Waals surface area (Å²) in [6, 6.07) is 14.0. The molecule has 1 N–H and O–H groups in total. The number of phenols is 1. The number of benzene rings is 2. The molecule has 0 amide bonds. The van der Waals surface area contributed by atoms with Crippen LogP contribution in [0.3, 0.4) is 0 Å². The number of hydrogen-bond acceptors (Lipinski definition) is 4. The maximum Gasteiger partial charge on any atom is 0.864 e. The van der Waals surface area contributed by atoms with Crippen LogP contribution >= 0.6 is 0 Å². The van der Waals surface area contributed by atoms with Gasteiger partial charge in [0.15, 0.2) is 5.75 Å². The highest BCUT2D eigenvalue weighted by Gasteiger charge is 2.38. The molecule has 17 heavy (non-hydrogen) atoms. The summed E-state index contributed by atoms with van der Waals surface area (Å²) in [5, 5.41) is 9.55. The van der Waals surface area contributed by atoms with E-state index in [0.29, 0.717) is 17.2 Å². The van der Waals surface area contributed by atoms with Gasteiger partial charge in [0.05, 0.1) is 0 Å². The summed E-state index contributed by atoms with van der Waals surface area (Å²) in [6.07, 6.45) is 0. The molecule has 4 nitrogen and oxygen atoms in total. The van der Waals surface area contributed by atoms with Gasteiger partial charge in [0.25, 0.3) is 0 Å². The van der Waals surface area contributed by atoms with Crippen molar-refractivity contribution in [2.24, 2.45) is 0 Å². The van der Waals surface area contributed by atoms with Gasteiger partial charge in [-0.05, 0) is 24.3 Å². The molecule has 0 saturated heterocycles. The van der Waals surface area contributed by atoms with Gasteiger partial charge in [0, 0.05) is 0 Å². The second-order valence-corrected chi connectivity index (χ2v) is 3.56. The van der Waals surface area contributed by atoms with Crippen LogP contribution in [0, 0.1) is 0 Å². The summed E-state index contributed by atoms with van der Waals surface area (Å²) in [4.78, 5) is 0. The summed E-state index contributed by atoms with van der Waals surface area (Å²) in [5.74, 6) is 1.64. The van der Waals surface area contributed by atoms with E-state index < -0.39 is 7.32 Å². The molecule has 1 aliphatic rings. The highest BCUT2D eigenvalue weighted by molar-refractivity contribution is 6.41. The molecule has 3 rings (SSSR count). The van der Waals surface area contributed by atoms with Crippen molar-refractivity contribution in [2.75, 3.05) is 0 Å². The molecule has 0 bridgehead atoms. The quantitative estimate of drug-likeness (QED) is 0.800. The van der Waals surface area contributed by atoms with Crippen LogP contribution in [0.1, 0.15) is 0 Å². The highest BCUT2D eigenvalue weighted by Crippen LogP contribution is 2.34. The van der Waals surface area contributed by atoms with Crippen molar-refractivity contribution in [1.82, 2.24) is 0 Å². The average molecular weight is 228 g/mol. The van der Waals surface area contributed by atoms with Crippen LogP contribution in [-0.4, -0.2) is 12.4 Å². The van der Waals surface area contributed by atoms with E-state index in [2.05, 4.69) is 0 Å². The second kappa shape index (κ2) is 3.94. The van der Waals surface area contributed by atoms with Gasteiger partial charge in [-0.1, -0.05) is 24.3 Å². The average Bonchev–Trinajstić information content (AvgIpc) is 2.74. The smallest absolute Gasteiger partial charge is 0.504 e. The third-order valence-electron chi connectivity index (χ3n) is 2.38. The van der Waals surface area contributed by atoms with E-state index in [1.807, 2.05) is 12.1 Å². The van der Waals surface area contributed by atoms with E-state index in [0.717, 1.165) is 0 Å². The summed E-state index contributed by atoms with van der Waals surface area (Å²) >= 11 is 0. The van der Waals surface area contributed by atoms with Crippen molar-refractivity contribution in [2.45, 2.75) is 0 Å². The molecule has 0 spiro atoms. The van der Waals surface area contributed by atoms with E-state index in [1.54, 1.807) is 30.3 Å². The van der Waals surface area contributed by atoms with Crippen molar-refractivity contribution in [3.8, 4) is 23.0 Å². The lowest BCUT2D eigenvalue weighted by Crippen LogP contribution is -2.32. The first-order valence-electron chi connectivity index (χ1n) is 5.20. The van der Waals surface area contributed by atoms with Gasteiger partial charge in [0.1, 0.15) is 17.2 Å². The third kappa shape index (κ3) is 1.87. The van der Waals surface area contributed by atoms with Crippen LogP contribution in [0.25, 0.3) is 0 Å². The van der Waals surface area contributed by atoms with Gasteiger partial charge in [-0.25, -0.2) is 0 Å². The highest BCUT2D eigenvalue weighted by atomic mass is 16.8. The van der Waals surface area contributed by atoms with Crippen LogP contribution < -0.4 is 14.0 Å². The minimum Gasteiger partial charge on any atom is -0.504 e. The number of aromatic hydroxyl groups is 1. The van der Waals surface area contributed by atoms with Crippen molar-refractivity contribution in [1.29, 1.82) is 0 Å². The maximum absolute atomic E-state index is 9.55. The Morgan fingerprint density at radius 1 is 0.882 bits per heavy atom. The molecule has 5 heteroatoms. The van der Waals surface area contributed by atoms with Crippen LogP contribution in [-0.2, 0) is 0 Å². The number of fused-ring (bicyclic) bond motifs is 1. The fourth-order valence-corrected chi connectivity index (χ4v) is 1.58. The SMILES string of the molecule is Oc1ccccc1OB1Oc2ccccc2O1. The fourth-order valence-electron chi connectivity index (χ4n) is 1.58. The zero-order valence-electron chi connectivity index (χ0n) is 8.87. The lowest BCUT2D eigenvalue weighted by Gasteiger charge is -2.08. The van der Waals surface area contributed by atoms with Gasteiger partial charge in [-0.2, -0.15) is 0 Å². The Kier molecular flexibility index (Phi) is 2.29. The van der Waals surface area contributed by atoms with Gasteiger partial charge < -0.3 is 19.1 Å². The minimum atomic E-state index is -0.860. The normalized spacial score (nSPS) is 12.6. The van der Waals surface area contributed by atoms with Gasteiger partial charge in [-0.3, -0.25) is 0 Å². The predicted molar refractivity (Wildman–Crippen MR) is 62.2 cm³/mol. The lowest BCUT2D eigenvalue weighted by atomic mass is 10.2. The molecule has 84 valence electrons. The molecular formula is C12H9BO4. The van der Waals surface area contributed by atoms with Crippen molar-refractivity contribution >= 4 is 7.32 Å². The number of para-hydroxylation sites is 4. The van der Waals surface area contributed by atoms with Gasteiger partial charge in [0.2, 0.25) is 0 Å². The fraction of sp³-hybridized carbons (Fsp3) is 0. The van der Waals surface area contributed by atoms with E-state index >= 15 is 0 Å². The molecule has 0 aliphatic carbocycles. The third-order valence-corrected chi connectivity index (χ3v) is 2.38. The summed E-state index contributed by atoms with van der Waals surface area (Å²) in [6.45, 7) is 0. The van der Waals surface area contributed by atoms with E-state index in [4.69, 9.17) is 14.0 Å². The molecule has 0 unspecified atom stereocenters. The molecule has 0 atom stereocenters. The molecule has 1 aliphatic heterocycles. The lowest BCUT2D eigenvalue weighted by molar-refractivity contribution is 0.338. The first-order chi connectivity index (χ1) is 8.33. The number of phenolic OH excluding ortho intramolecular Hbond substituents is 1. The predicted octanol–water partition coefficient (Wildman–Crippen LogP) is 2.23. The first kappa shape index (κ1) is 9.90. The minimum absolute atomic E-state index is 0.0515. The molecule has 2 aromatic carbocycles. The topological polar surface area (TPSA) is 47.9 Å². The van der Waals surface area contributed by atoms with E-state index in [9.17, 15) is 5.11 Å². The zero-order valence-corrected chi connectivity index (χ0v) is 8.87. The summed E-state index contributed by atoms with van der Waals surface area (Å²) < 4.78 is 16.2. The van der Waals surface area contributed by atoms with Crippen molar-refractivity contribution < 1.29 is 19.1 Å². The Labute approximate surface area is 98.5 Å². The van der Waals surface area contributed by atoms with E-state index in [-0.39, 0.29) is 5.75 Å². The molecular weight excluding hydrogens is 219 g/mol. The van der Waals surface area contributed by atoms with Crippen LogP contribution in [0.5, 0.6) is 23.0 Å². The Bertz CT molecular complexity index is 519. The molecule has 0 saturated carbocycles. The Morgan fingerprint density at radius 2 is 1.47 bits per heavy atom. The standard InChI is InChI=1S/C12H9BO4/c14-9-5-1-2-6-10(9)15-13-16-11-7-3-4-8-12(11)17-13/h1-8,14H. The summed E-state index contributed by atoms with van der Waals surface area (Å²) in [7, 11) is -0.860. The zero-order chi connectivity index (χ0) is 11.7. The number of rotatable bonds is 2. The van der Waals surface area contributed by atoms with Crippen LogP contribution in [0.15, 0.2) is 48.5 Å². The number of hydrogen-bond donors (Lipinski definition) is 1. The first-order valence-corrected chi connectivity index (χ1v) is 5.20. The molecule has 0 fully saturated rings. The van der Waals surface area contributed by atoms with Crippen molar-refractivity contribution in [3.05, 3.63) is 48.5 Å². The molecule has 1 heterocycles. The van der Waals surface area contributed by atoms with Gasteiger partial charge in [-0.15, -0.1) is 0 Å². The maximum atomic E-state index is 9.55. The molecule has 2 aromatic rings. The van der Waals surface area contributed by atoms with E-state index in [1.165, 1.54) is 6.07 Å². The molecule has 0 aromatic heterocycles. The van der Waals surface area contributed by atoms with Crippen LogP contribution in [0.2, 0.25) is 0 Å². The Balaban J connectivity index is 1.76. The monoisotopic (exact) mass is 228 g/mol. The van der Waals surface area contributed by atoms with Crippen molar-refractivity contribution in [3.63, 3.8) is 0 Å². The molecule has 0 radical (unpaired) electrons. The summed E-state index contributed by atoms with van der Waals surface area (Å²) in [5.41, 5.74) is 0. The van der Waals surface area contributed by atoms with Crippen LogP contribution in [0.4, 0.5) is 0 Å². The Hall–Kier alpha value is -2.30. The van der Waals surface area contributed by atoms with Gasteiger partial charge >= 0.3 is 7.32 Å².